The van der Waals surface area contributed by atoms with E-state index in [-0.39, 0.29) is 5.75 Å². The molecule has 0 saturated heterocycles. The summed E-state index contributed by atoms with van der Waals surface area (Å²) in [4.78, 5) is 4.66. The first-order chi connectivity index (χ1) is 10.5. The van der Waals surface area contributed by atoms with E-state index in [9.17, 15) is 8.42 Å². The molecule has 0 bridgehead atoms. The number of thioether (sulfide) groups is 1. The number of fused-ring (bicyclic) bond motifs is 1. The second-order valence-corrected chi connectivity index (χ2v) is 8.90. The lowest BCUT2D eigenvalue weighted by Gasteiger charge is -2.08. The minimum atomic E-state index is -2.92. The van der Waals surface area contributed by atoms with Crippen molar-refractivity contribution in [2.45, 2.75) is 44.3 Å². The molecule has 4 nitrogen and oxygen atoms in total. The number of unbranched alkanes of at least 4 members (excludes halogenated alkanes) is 3. The Morgan fingerprint density at radius 1 is 1.18 bits per heavy atom. The molecule has 1 aromatic carbocycles. The largest absolute Gasteiger partial charge is 0.319 e. The fourth-order valence-corrected chi connectivity index (χ4v) is 4.60. The lowest BCUT2D eigenvalue weighted by atomic mass is 10.2. The number of aromatic nitrogens is 2. The van der Waals surface area contributed by atoms with Crippen molar-refractivity contribution >= 4 is 32.6 Å². The van der Waals surface area contributed by atoms with Crippen molar-refractivity contribution in [3.63, 3.8) is 0 Å². The van der Waals surface area contributed by atoms with E-state index in [0.29, 0.717) is 5.75 Å². The number of sulfone groups is 1. The summed E-state index contributed by atoms with van der Waals surface area (Å²) in [6.45, 7) is 3.15. The first-order valence-corrected chi connectivity index (χ1v) is 10.8. The number of benzene rings is 1. The normalized spacial score (nSPS) is 12.1. The van der Waals surface area contributed by atoms with E-state index in [2.05, 4.69) is 22.5 Å². The van der Waals surface area contributed by atoms with Gasteiger partial charge in [0.05, 0.1) is 16.8 Å². The van der Waals surface area contributed by atoms with Gasteiger partial charge in [-0.3, -0.25) is 0 Å². The Bertz CT molecular complexity index is 708. The molecule has 0 spiro atoms. The van der Waals surface area contributed by atoms with E-state index in [1.54, 1.807) is 0 Å². The maximum atomic E-state index is 11.3. The summed E-state index contributed by atoms with van der Waals surface area (Å²) in [6.07, 6.45) is 6.11. The number of hydrogen-bond acceptors (Lipinski definition) is 4. The SMILES string of the molecule is CCCCCCn1c(SCCS(C)(=O)=O)nc2ccccc21. The molecule has 0 saturated carbocycles. The fourth-order valence-electron chi connectivity index (χ4n) is 2.36. The van der Waals surface area contributed by atoms with Gasteiger partial charge in [0.1, 0.15) is 9.84 Å². The van der Waals surface area contributed by atoms with Gasteiger partial charge in [-0.25, -0.2) is 13.4 Å². The third-order valence-electron chi connectivity index (χ3n) is 3.54. The summed E-state index contributed by atoms with van der Waals surface area (Å²) in [5, 5.41) is 0.932. The molecule has 1 aromatic heterocycles. The van der Waals surface area contributed by atoms with E-state index >= 15 is 0 Å². The van der Waals surface area contributed by atoms with Gasteiger partial charge in [0, 0.05) is 18.6 Å². The maximum Gasteiger partial charge on any atom is 0.169 e. The van der Waals surface area contributed by atoms with Crippen LogP contribution >= 0.6 is 11.8 Å². The van der Waals surface area contributed by atoms with Gasteiger partial charge in [0.25, 0.3) is 0 Å². The summed E-state index contributed by atoms with van der Waals surface area (Å²) in [6, 6.07) is 8.11. The van der Waals surface area contributed by atoms with Crippen LogP contribution in [0, 0.1) is 0 Å². The standard InChI is InChI=1S/C16H24N2O2S2/c1-3-4-5-8-11-18-15-10-7-6-9-14(15)17-16(18)21-12-13-22(2,19)20/h6-7,9-10H,3-5,8,11-13H2,1-2H3. The minimum Gasteiger partial charge on any atom is -0.319 e. The molecular weight excluding hydrogens is 316 g/mol. The summed E-state index contributed by atoms with van der Waals surface area (Å²) in [5.74, 6) is 0.744. The van der Waals surface area contributed by atoms with E-state index < -0.39 is 9.84 Å². The summed E-state index contributed by atoms with van der Waals surface area (Å²) < 4.78 is 24.8. The van der Waals surface area contributed by atoms with Gasteiger partial charge in [0.15, 0.2) is 5.16 Å². The number of para-hydroxylation sites is 2. The van der Waals surface area contributed by atoms with Gasteiger partial charge in [0.2, 0.25) is 0 Å². The molecule has 0 N–H and O–H groups in total. The Labute approximate surface area is 137 Å². The summed E-state index contributed by atoms with van der Waals surface area (Å²) in [7, 11) is -2.92. The zero-order valence-corrected chi connectivity index (χ0v) is 14.9. The van der Waals surface area contributed by atoms with Gasteiger partial charge in [-0.15, -0.1) is 0 Å². The molecule has 0 aliphatic carbocycles. The van der Waals surface area contributed by atoms with Crippen LogP contribution in [0.5, 0.6) is 0 Å². The average molecular weight is 341 g/mol. The predicted molar refractivity (Wildman–Crippen MR) is 94.3 cm³/mol. The molecule has 0 unspecified atom stereocenters. The molecule has 2 aromatic rings. The van der Waals surface area contributed by atoms with Crippen LogP contribution in [0.4, 0.5) is 0 Å². The van der Waals surface area contributed by atoms with E-state index in [4.69, 9.17) is 0 Å². The minimum absolute atomic E-state index is 0.191. The highest BCUT2D eigenvalue weighted by Crippen LogP contribution is 2.25. The molecule has 0 aliphatic heterocycles. The number of aryl methyl sites for hydroxylation is 1. The van der Waals surface area contributed by atoms with Gasteiger partial charge < -0.3 is 4.57 Å². The monoisotopic (exact) mass is 340 g/mol. The van der Waals surface area contributed by atoms with Crippen LogP contribution in [0.3, 0.4) is 0 Å². The average Bonchev–Trinajstić information content (AvgIpc) is 2.80. The van der Waals surface area contributed by atoms with Gasteiger partial charge in [-0.1, -0.05) is 50.1 Å². The molecular formula is C16H24N2O2S2. The molecule has 0 atom stereocenters. The molecule has 2 rings (SSSR count). The van der Waals surface area contributed by atoms with Crippen LogP contribution in [0.15, 0.2) is 29.4 Å². The molecule has 22 heavy (non-hydrogen) atoms. The van der Waals surface area contributed by atoms with Crippen LogP contribution in [-0.2, 0) is 16.4 Å². The zero-order valence-electron chi connectivity index (χ0n) is 13.3. The predicted octanol–water partition coefficient (Wildman–Crippen LogP) is 3.75. The lowest BCUT2D eigenvalue weighted by Crippen LogP contribution is -2.06. The van der Waals surface area contributed by atoms with Crippen molar-refractivity contribution in [1.29, 1.82) is 0 Å². The number of nitrogens with zero attached hydrogens (tertiary/aromatic N) is 2. The molecule has 0 amide bonds. The second-order valence-electron chi connectivity index (χ2n) is 5.57. The fraction of sp³-hybridized carbons (Fsp3) is 0.562. The first-order valence-electron chi connectivity index (χ1n) is 7.77. The molecule has 0 radical (unpaired) electrons. The highest BCUT2D eigenvalue weighted by atomic mass is 32.2. The van der Waals surface area contributed by atoms with Crippen LogP contribution in [0.2, 0.25) is 0 Å². The highest BCUT2D eigenvalue weighted by molar-refractivity contribution is 8.00. The third-order valence-corrected chi connectivity index (χ3v) is 5.72. The molecule has 1 heterocycles. The quantitative estimate of drug-likeness (QED) is 0.515. The highest BCUT2D eigenvalue weighted by Gasteiger charge is 2.12. The maximum absolute atomic E-state index is 11.3. The first kappa shape index (κ1) is 17.3. The number of imidazole rings is 1. The topological polar surface area (TPSA) is 52.0 Å². The van der Waals surface area contributed by atoms with Crippen molar-refractivity contribution in [3.8, 4) is 0 Å². The Morgan fingerprint density at radius 3 is 2.68 bits per heavy atom. The molecule has 6 heteroatoms. The summed E-state index contributed by atoms with van der Waals surface area (Å²) in [5.41, 5.74) is 2.13. The molecule has 0 fully saturated rings. The van der Waals surface area contributed by atoms with Crippen molar-refractivity contribution < 1.29 is 8.42 Å². The van der Waals surface area contributed by atoms with E-state index in [1.807, 2.05) is 18.2 Å². The van der Waals surface area contributed by atoms with Gasteiger partial charge >= 0.3 is 0 Å². The van der Waals surface area contributed by atoms with Crippen molar-refractivity contribution in [2.75, 3.05) is 17.8 Å². The Balaban J connectivity index is 2.12. The van der Waals surface area contributed by atoms with Crippen molar-refractivity contribution in [3.05, 3.63) is 24.3 Å². The summed E-state index contributed by atoms with van der Waals surface area (Å²) >= 11 is 1.54. The van der Waals surface area contributed by atoms with Crippen molar-refractivity contribution in [2.24, 2.45) is 0 Å². The second kappa shape index (κ2) is 8.02. The van der Waals surface area contributed by atoms with Crippen molar-refractivity contribution in [1.82, 2.24) is 9.55 Å². The van der Waals surface area contributed by atoms with E-state index in [0.717, 1.165) is 29.2 Å². The Morgan fingerprint density at radius 2 is 1.95 bits per heavy atom. The lowest BCUT2D eigenvalue weighted by molar-refractivity contribution is 0.563. The molecule has 122 valence electrons. The van der Waals surface area contributed by atoms with Crippen LogP contribution in [0.1, 0.15) is 32.6 Å². The van der Waals surface area contributed by atoms with Gasteiger partial charge in [-0.05, 0) is 18.6 Å². The zero-order chi connectivity index (χ0) is 16.0. The van der Waals surface area contributed by atoms with Crippen LogP contribution < -0.4 is 0 Å². The third kappa shape index (κ3) is 5.02. The van der Waals surface area contributed by atoms with Crippen LogP contribution in [0.25, 0.3) is 11.0 Å². The van der Waals surface area contributed by atoms with E-state index in [1.165, 1.54) is 37.3 Å². The Hall–Kier alpha value is -1.01. The molecule has 0 aliphatic rings. The Kier molecular flexibility index (Phi) is 6.32. The smallest absolute Gasteiger partial charge is 0.169 e. The van der Waals surface area contributed by atoms with Gasteiger partial charge in [-0.2, -0.15) is 0 Å². The number of hydrogen-bond donors (Lipinski definition) is 0. The number of rotatable bonds is 9. The van der Waals surface area contributed by atoms with Crippen LogP contribution in [-0.4, -0.2) is 35.7 Å².